The second kappa shape index (κ2) is 7.47. The van der Waals surface area contributed by atoms with Crippen LogP contribution in [0.3, 0.4) is 0 Å². The summed E-state index contributed by atoms with van der Waals surface area (Å²) in [5.74, 6) is -3.29. The van der Waals surface area contributed by atoms with E-state index in [2.05, 4.69) is 4.98 Å². The number of aryl methyl sites for hydroxylation is 1. The number of aliphatic hydroxyl groups is 3. The number of hydrogen-bond donors (Lipinski definition) is 3. The van der Waals surface area contributed by atoms with Crippen LogP contribution in [0.2, 0.25) is 0 Å². The molecule has 2 heterocycles. The first kappa shape index (κ1) is 19.6. The monoisotopic (exact) mass is 381 g/mol. The summed E-state index contributed by atoms with van der Waals surface area (Å²) in [7, 11) is 1.55. The van der Waals surface area contributed by atoms with E-state index in [0.29, 0.717) is 17.7 Å². The zero-order valence-corrected chi connectivity index (χ0v) is 14.8. The molecule has 3 rings (SSSR count). The summed E-state index contributed by atoms with van der Waals surface area (Å²) in [5.41, 5.74) is 2.89. The molecular weight excluding hydrogens is 360 g/mol. The minimum Gasteiger partial charge on any atom is -0.497 e. The Labute approximate surface area is 155 Å². The molecule has 1 aromatic heterocycles. The predicted octanol–water partition coefficient (Wildman–Crippen LogP) is 1.74. The number of benzene rings is 1. The van der Waals surface area contributed by atoms with Crippen LogP contribution in [0.15, 0.2) is 36.5 Å². The van der Waals surface area contributed by atoms with E-state index in [1.165, 1.54) is 0 Å². The number of aromatic nitrogens is 1. The second-order valence-electron chi connectivity index (χ2n) is 6.57. The van der Waals surface area contributed by atoms with Crippen LogP contribution in [0.4, 0.5) is 8.78 Å². The number of ether oxygens (including phenoxy) is 2. The molecule has 1 aromatic carbocycles. The maximum atomic E-state index is 13.6. The van der Waals surface area contributed by atoms with Crippen LogP contribution in [0.5, 0.6) is 5.75 Å². The lowest BCUT2D eigenvalue weighted by molar-refractivity contribution is -0.345. The summed E-state index contributed by atoms with van der Waals surface area (Å²) < 4.78 is 37.3. The molecule has 1 aliphatic heterocycles. The van der Waals surface area contributed by atoms with E-state index in [0.717, 1.165) is 16.8 Å². The first-order chi connectivity index (χ1) is 12.7. The first-order valence-electron chi connectivity index (χ1n) is 8.40. The van der Waals surface area contributed by atoms with E-state index in [-0.39, 0.29) is 0 Å². The van der Waals surface area contributed by atoms with E-state index in [9.17, 15) is 24.1 Å². The highest BCUT2D eigenvalue weighted by Gasteiger charge is 2.57. The maximum absolute atomic E-state index is 13.6. The van der Waals surface area contributed by atoms with Gasteiger partial charge < -0.3 is 24.8 Å². The number of nitrogens with zero attached hydrogens (tertiary/aromatic N) is 1. The molecule has 0 unspecified atom stereocenters. The van der Waals surface area contributed by atoms with Gasteiger partial charge in [0.05, 0.1) is 7.11 Å². The molecule has 27 heavy (non-hydrogen) atoms. The lowest BCUT2D eigenvalue weighted by atomic mass is 9.90. The van der Waals surface area contributed by atoms with Crippen LogP contribution in [-0.2, 0) is 11.2 Å². The van der Waals surface area contributed by atoms with Crippen LogP contribution in [-0.4, -0.2) is 51.8 Å². The van der Waals surface area contributed by atoms with Crippen LogP contribution in [0.1, 0.15) is 28.5 Å². The standard InChI is InChI=1S/C19H21F2NO5/c1-10-3-4-11(16-15(23)17(24)19(20,21)18(25)27-16)7-12(10)8-13-9-14(26-2)5-6-22-13/h3-7,9,15-18,23-25H,8H2,1-2H3/t15-,16-,17+,18-/m0/s1. The van der Waals surface area contributed by atoms with Gasteiger partial charge in [-0.1, -0.05) is 18.2 Å². The average molecular weight is 381 g/mol. The zero-order valence-electron chi connectivity index (χ0n) is 14.8. The van der Waals surface area contributed by atoms with E-state index in [4.69, 9.17) is 9.47 Å². The highest BCUT2D eigenvalue weighted by Crippen LogP contribution is 2.40. The van der Waals surface area contributed by atoms with Crippen LogP contribution >= 0.6 is 0 Å². The molecule has 4 atom stereocenters. The van der Waals surface area contributed by atoms with Gasteiger partial charge in [0.2, 0.25) is 6.29 Å². The summed E-state index contributed by atoms with van der Waals surface area (Å²) in [6.45, 7) is 1.88. The van der Waals surface area contributed by atoms with Crippen molar-refractivity contribution in [3.05, 3.63) is 58.9 Å². The maximum Gasteiger partial charge on any atom is 0.325 e. The molecule has 0 amide bonds. The van der Waals surface area contributed by atoms with Gasteiger partial charge in [0.1, 0.15) is 18.0 Å². The Hall–Kier alpha value is -2.13. The van der Waals surface area contributed by atoms with E-state index in [1.54, 1.807) is 43.6 Å². The summed E-state index contributed by atoms with van der Waals surface area (Å²) in [6.07, 6.45) is -6.04. The van der Waals surface area contributed by atoms with Gasteiger partial charge in [-0.15, -0.1) is 0 Å². The fraction of sp³-hybridized carbons (Fsp3) is 0.421. The molecule has 0 bridgehead atoms. The van der Waals surface area contributed by atoms with Crippen molar-refractivity contribution in [2.24, 2.45) is 0 Å². The number of halogens is 2. The minimum absolute atomic E-state index is 0.375. The zero-order chi connectivity index (χ0) is 19.8. The second-order valence-corrected chi connectivity index (χ2v) is 6.57. The quantitative estimate of drug-likeness (QED) is 0.747. The smallest absolute Gasteiger partial charge is 0.325 e. The SMILES string of the molecule is COc1ccnc(Cc2cc([C@@H]3O[C@H](O)C(F)(F)[C@H](O)[C@H]3O)ccc2C)c1. The average Bonchev–Trinajstić information content (AvgIpc) is 2.65. The molecule has 0 spiro atoms. The van der Waals surface area contributed by atoms with Crippen LogP contribution < -0.4 is 4.74 Å². The lowest BCUT2D eigenvalue weighted by Crippen LogP contribution is -2.58. The van der Waals surface area contributed by atoms with Crippen molar-refractivity contribution >= 4 is 0 Å². The molecule has 6 nitrogen and oxygen atoms in total. The molecule has 146 valence electrons. The molecular formula is C19H21F2NO5. The van der Waals surface area contributed by atoms with Gasteiger partial charge in [0.15, 0.2) is 6.10 Å². The highest BCUT2D eigenvalue weighted by molar-refractivity contribution is 5.37. The predicted molar refractivity (Wildman–Crippen MR) is 91.6 cm³/mol. The van der Waals surface area contributed by atoms with Gasteiger partial charge in [0.25, 0.3) is 0 Å². The third-order valence-corrected chi connectivity index (χ3v) is 4.73. The van der Waals surface area contributed by atoms with Crippen molar-refractivity contribution in [1.29, 1.82) is 0 Å². The van der Waals surface area contributed by atoms with E-state index in [1.807, 2.05) is 6.92 Å². The number of pyridine rings is 1. The summed E-state index contributed by atoms with van der Waals surface area (Å²) in [5, 5.41) is 29.2. The minimum atomic E-state index is -3.95. The Morgan fingerprint density at radius 2 is 1.93 bits per heavy atom. The Kier molecular flexibility index (Phi) is 5.43. The largest absolute Gasteiger partial charge is 0.497 e. The fourth-order valence-electron chi connectivity index (χ4n) is 3.06. The Bertz CT molecular complexity index is 816. The van der Waals surface area contributed by atoms with Crippen molar-refractivity contribution in [2.45, 2.75) is 43.9 Å². The van der Waals surface area contributed by atoms with Gasteiger partial charge in [-0.25, -0.2) is 0 Å². The normalized spacial score (nSPS) is 27.4. The van der Waals surface area contributed by atoms with E-state index >= 15 is 0 Å². The Morgan fingerprint density at radius 1 is 1.19 bits per heavy atom. The van der Waals surface area contributed by atoms with Crippen molar-refractivity contribution in [1.82, 2.24) is 4.98 Å². The molecule has 3 N–H and O–H groups in total. The van der Waals surface area contributed by atoms with Crippen molar-refractivity contribution in [3.8, 4) is 5.75 Å². The van der Waals surface area contributed by atoms with Crippen molar-refractivity contribution in [2.75, 3.05) is 7.11 Å². The molecule has 1 saturated heterocycles. The fourth-order valence-corrected chi connectivity index (χ4v) is 3.06. The third kappa shape index (κ3) is 3.79. The number of rotatable bonds is 4. The van der Waals surface area contributed by atoms with Crippen molar-refractivity contribution in [3.63, 3.8) is 0 Å². The van der Waals surface area contributed by atoms with Crippen LogP contribution in [0, 0.1) is 6.92 Å². The molecule has 2 aromatic rings. The third-order valence-electron chi connectivity index (χ3n) is 4.73. The first-order valence-corrected chi connectivity index (χ1v) is 8.40. The summed E-state index contributed by atoms with van der Waals surface area (Å²) in [6, 6.07) is 8.56. The number of hydrogen-bond acceptors (Lipinski definition) is 6. The van der Waals surface area contributed by atoms with E-state index < -0.39 is 30.5 Å². The van der Waals surface area contributed by atoms with Gasteiger partial charge in [-0.3, -0.25) is 4.98 Å². The number of alkyl halides is 2. The molecule has 0 saturated carbocycles. The molecule has 0 aliphatic carbocycles. The van der Waals surface area contributed by atoms with Gasteiger partial charge in [-0.05, 0) is 29.7 Å². The van der Waals surface area contributed by atoms with Gasteiger partial charge >= 0.3 is 5.92 Å². The molecule has 1 aliphatic rings. The van der Waals surface area contributed by atoms with Crippen molar-refractivity contribution < 1.29 is 33.6 Å². The number of aliphatic hydroxyl groups excluding tert-OH is 3. The summed E-state index contributed by atoms with van der Waals surface area (Å²) >= 11 is 0. The Morgan fingerprint density at radius 3 is 2.63 bits per heavy atom. The number of methoxy groups -OCH3 is 1. The highest BCUT2D eigenvalue weighted by atomic mass is 19.3. The van der Waals surface area contributed by atoms with Crippen LogP contribution in [0.25, 0.3) is 0 Å². The molecule has 8 heteroatoms. The lowest BCUT2D eigenvalue weighted by Gasteiger charge is -2.40. The molecule has 0 radical (unpaired) electrons. The molecule has 1 fully saturated rings. The van der Waals surface area contributed by atoms with Gasteiger partial charge in [0, 0.05) is 24.4 Å². The summed E-state index contributed by atoms with van der Waals surface area (Å²) in [4.78, 5) is 4.28. The van der Waals surface area contributed by atoms with Gasteiger partial charge in [-0.2, -0.15) is 8.78 Å². The Balaban J connectivity index is 1.89. The topological polar surface area (TPSA) is 92.0 Å².